The molecule has 0 aromatic rings. The van der Waals surface area contributed by atoms with Gasteiger partial charge >= 0.3 is 0 Å². The lowest BCUT2D eigenvalue weighted by Gasteiger charge is -2.23. The van der Waals surface area contributed by atoms with Crippen LogP contribution in [0.5, 0.6) is 0 Å². The Kier molecular flexibility index (Phi) is 2.87. The van der Waals surface area contributed by atoms with E-state index < -0.39 is 0 Å². The molecule has 0 aromatic carbocycles. The summed E-state index contributed by atoms with van der Waals surface area (Å²) in [6, 6.07) is 0. The largest absolute Gasteiger partial charge is 0.355 e. The Labute approximate surface area is 67.9 Å². The van der Waals surface area contributed by atoms with Crippen molar-refractivity contribution >= 4 is 0 Å². The Balaban J connectivity index is 2.41. The second kappa shape index (κ2) is 3.52. The highest BCUT2D eigenvalue weighted by Gasteiger charge is 2.49. The number of hydrogen-bond donors (Lipinski definition) is 1. The van der Waals surface area contributed by atoms with Gasteiger partial charge in [-0.25, -0.2) is 0 Å². The minimum Gasteiger partial charge on any atom is -0.355 e. The highest BCUT2D eigenvalue weighted by molar-refractivity contribution is 4.96. The zero-order valence-electron chi connectivity index (χ0n) is 7.30. The maximum atomic E-state index is 5.49. The Morgan fingerprint density at radius 1 is 1.36 bits per heavy atom. The molecule has 0 unspecified atom stereocenters. The third-order valence-electron chi connectivity index (χ3n) is 2.46. The minimum absolute atomic E-state index is 0.0500. The SMILES string of the molecule is COC(OC)C1(CCN)CC1. The molecule has 0 bridgehead atoms. The fraction of sp³-hybridized carbons (Fsp3) is 1.00. The van der Waals surface area contributed by atoms with Crippen molar-refractivity contribution < 1.29 is 9.47 Å². The van der Waals surface area contributed by atoms with E-state index in [0.717, 1.165) is 13.0 Å². The molecule has 0 spiro atoms. The van der Waals surface area contributed by atoms with Crippen molar-refractivity contribution in [3.05, 3.63) is 0 Å². The zero-order chi connectivity index (χ0) is 8.32. The van der Waals surface area contributed by atoms with Crippen molar-refractivity contribution in [1.82, 2.24) is 0 Å². The van der Waals surface area contributed by atoms with Crippen molar-refractivity contribution in [2.45, 2.75) is 25.6 Å². The van der Waals surface area contributed by atoms with E-state index >= 15 is 0 Å². The van der Waals surface area contributed by atoms with E-state index in [1.54, 1.807) is 14.2 Å². The van der Waals surface area contributed by atoms with Gasteiger partial charge in [0.15, 0.2) is 6.29 Å². The summed E-state index contributed by atoms with van der Waals surface area (Å²) in [5, 5.41) is 0. The molecule has 0 atom stereocenters. The van der Waals surface area contributed by atoms with Crippen LogP contribution in [0.3, 0.4) is 0 Å². The Morgan fingerprint density at radius 3 is 2.18 bits per heavy atom. The molecule has 1 saturated carbocycles. The van der Waals surface area contributed by atoms with Crippen molar-refractivity contribution in [3.63, 3.8) is 0 Å². The van der Waals surface area contributed by atoms with Crippen LogP contribution in [0.4, 0.5) is 0 Å². The van der Waals surface area contributed by atoms with Gasteiger partial charge in [-0.15, -0.1) is 0 Å². The van der Waals surface area contributed by atoms with Crippen LogP contribution in [-0.2, 0) is 9.47 Å². The molecule has 0 aliphatic heterocycles. The van der Waals surface area contributed by atoms with Gasteiger partial charge < -0.3 is 15.2 Å². The summed E-state index contributed by atoms with van der Waals surface area (Å²) in [7, 11) is 3.37. The molecule has 0 aromatic heterocycles. The molecule has 11 heavy (non-hydrogen) atoms. The molecule has 0 heterocycles. The summed E-state index contributed by atoms with van der Waals surface area (Å²) in [6.45, 7) is 0.725. The van der Waals surface area contributed by atoms with Gasteiger partial charge in [0.05, 0.1) is 0 Å². The van der Waals surface area contributed by atoms with E-state index in [4.69, 9.17) is 15.2 Å². The predicted molar refractivity (Wildman–Crippen MR) is 43.1 cm³/mol. The molecule has 0 saturated heterocycles. The maximum absolute atomic E-state index is 5.49. The first-order valence-corrected chi connectivity index (χ1v) is 4.05. The first-order chi connectivity index (χ1) is 5.29. The van der Waals surface area contributed by atoms with Crippen LogP contribution in [0.25, 0.3) is 0 Å². The number of rotatable bonds is 5. The van der Waals surface area contributed by atoms with Crippen LogP contribution < -0.4 is 5.73 Å². The lowest BCUT2D eigenvalue weighted by Crippen LogP contribution is -2.28. The van der Waals surface area contributed by atoms with E-state index in [1.807, 2.05) is 0 Å². The maximum Gasteiger partial charge on any atom is 0.162 e. The van der Waals surface area contributed by atoms with Gasteiger partial charge in [-0.2, -0.15) is 0 Å². The highest BCUT2D eigenvalue weighted by Crippen LogP contribution is 2.52. The first-order valence-electron chi connectivity index (χ1n) is 4.05. The van der Waals surface area contributed by atoms with Gasteiger partial charge in [0, 0.05) is 19.6 Å². The summed E-state index contributed by atoms with van der Waals surface area (Å²) in [5.41, 5.74) is 5.74. The number of hydrogen-bond acceptors (Lipinski definition) is 3. The van der Waals surface area contributed by atoms with Crippen LogP contribution >= 0.6 is 0 Å². The van der Waals surface area contributed by atoms with Gasteiger partial charge in [-0.1, -0.05) is 0 Å². The lowest BCUT2D eigenvalue weighted by atomic mass is 10.0. The standard InChI is InChI=1S/C8H17NO2/c1-10-7(11-2)8(3-4-8)5-6-9/h7H,3-6,9H2,1-2H3. The summed E-state index contributed by atoms with van der Waals surface area (Å²) in [4.78, 5) is 0. The van der Waals surface area contributed by atoms with E-state index in [-0.39, 0.29) is 11.7 Å². The predicted octanol–water partition coefficient (Wildman–Crippen LogP) is 0.734. The molecule has 0 radical (unpaired) electrons. The minimum atomic E-state index is -0.0500. The van der Waals surface area contributed by atoms with Crippen LogP contribution in [0.2, 0.25) is 0 Å². The molecule has 1 aliphatic rings. The van der Waals surface area contributed by atoms with E-state index in [2.05, 4.69) is 0 Å². The average molecular weight is 159 g/mol. The molecule has 2 N–H and O–H groups in total. The number of methoxy groups -OCH3 is 2. The fourth-order valence-corrected chi connectivity index (χ4v) is 1.65. The monoisotopic (exact) mass is 159 g/mol. The van der Waals surface area contributed by atoms with Gasteiger partial charge in [0.25, 0.3) is 0 Å². The molecule has 3 nitrogen and oxygen atoms in total. The Bertz CT molecular complexity index is 119. The van der Waals surface area contributed by atoms with Crippen molar-refractivity contribution in [2.24, 2.45) is 11.1 Å². The van der Waals surface area contributed by atoms with E-state index in [0.29, 0.717) is 0 Å². The highest BCUT2D eigenvalue weighted by atomic mass is 16.7. The molecule has 1 fully saturated rings. The van der Waals surface area contributed by atoms with E-state index in [9.17, 15) is 0 Å². The summed E-state index contributed by atoms with van der Waals surface area (Å²) in [5.74, 6) is 0. The van der Waals surface area contributed by atoms with Gasteiger partial charge in [-0.3, -0.25) is 0 Å². The fourth-order valence-electron chi connectivity index (χ4n) is 1.65. The average Bonchev–Trinajstić information content (AvgIpc) is 2.73. The molecule has 0 amide bonds. The van der Waals surface area contributed by atoms with Crippen LogP contribution in [0, 0.1) is 5.41 Å². The van der Waals surface area contributed by atoms with Crippen LogP contribution in [0.15, 0.2) is 0 Å². The molecule has 1 rings (SSSR count). The zero-order valence-corrected chi connectivity index (χ0v) is 7.30. The summed E-state index contributed by atoms with van der Waals surface area (Å²) in [6.07, 6.45) is 3.35. The summed E-state index contributed by atoms with van der Waals surface area (Å²) < 4.78 is 10.4. The van der Waals surface area contributed by atoms with Crippen LogP contribution in [0.1, 0.15) is 19.3 Å². The van der Waals surface area contributed by atoms with Crippen molar-refractivity contribution in [2.75, 3.05) is 20.8 Å². The van der Waals surface area contributed by atoms with E-state index in [1.165, 1.54) is 12.8 Å². The number of ether oxygens (including phenoxy) is 2. The van der Waals surface area contributed by atoms with Gasteiger partial charge in [0.2, 0.25) is 0 Å². The Hall–Kier alpha value is -0.120. The molecule has 3 heteroatoms. The van der Waals surface area contributed by atoms with Crippen molar-refractivity contribution in [1.29, 1.82) is 0 Å². The molecule has 66 valence electrons. The second-order valence-corrected chi connectivity index (χ2v) is 3.20. The lowest BCUT2D eigenvalue weighted by molar-refractivity contribution is -0.148. The smallest absolute Gasteiger partial charge is 0.162 e. The second-order valence-electron chi connectivity index (χ2n) is 3.20. The van der Waals surface area contributed by atoms with Gasteiger partial charge in [0.1, 0.15) is 0 Å². The molecule has 1 aliphatic carbocycles. The van der Waals surface area contributed by atoms with Gasteiger partial charge in [-0.05, 0) is 25.8 Å². The summed E-state index contributed by atoms with van der Waals surface area (Å²) >= 11 is 0. The Morgan fingerprint density at radius 2 is 1.91 bits per heavy atom. The van der Waals surface area contributed by atoms with Crippen LogP contribution in [-0.4, -0.2) is 27.1 Å². The quantitative estimate of drug-likeness (QED) is 0.601. The third kappa shape index (κ3) is 1.72. The topological polar surface area (TPSA) is 44.5 Å². The molecular weight excluding hydrogens is 142 g/mol. The first kappa shape index (κ1) is 8.97. The molecular formula is C8H17NO2. The normalized spacial score (nSPS) is 20.7. The number of nitrogens with two attached hydrogens (primary N) is 1. The van der Waals surface area contributed by atoms with Crippen molar-refractivity contribution in [3.8, 4) is 0 Å². The third-order valence-corrected chi connectivity index (χ3v) is 2.46.